The maximum absolute atomic E-state index is 13.4. The minimum atomic E-state index is -0.532. The van der Waals surface area contributed by atoms with Crippen molar-refractivity contribution in [1.29, 1.82) is 0 Å². The van der Waals surface area contributed by atoms with Crippen LogP contribution in [0.3, 0.4) is 0 Å². The van der Waals surface area contributed by atoms with Crippen LogP contribution in [0.5, 0.6) is 0 Å². The van der Waals surface area contributed by atoms with Crippen molar-refractivity contribution in [3.8, 4) is 0 Å². The monoisotopic (exact) mass is 236 g/mol. The van der Waals surface area contributed by atoms with E-state index in [0.717, 1.165) is 38.5 Å². The number of amides is 1. The second-order valence-electron chi connectivity index (χ2n) is 4.50. The van der Waals surface area contributed by atoms with E-state index in [9.17, 15) is 9.18 Å². The maximum Gasteiger partial charge on any atom is 0.256 e. The van der Waals surface area contributed by atoms with Crippen molar-refractivity contribution in [2.24, 2.45) is 5.92 Å². The number of likely N-dealkylation sites (tertiary alicyclic amines) is 1. The van der Waals surface area contributed by atoms with E-state index < -0.39 is 5.82 Å². The maximum atomic E-state index is 13.4. The third-order valence-corrected chi connectivity index (χ3v) is 3.48. The zero-order chi connectivity index (χ0) is 12.3. The van der Waals surface area contributed by atoms with Gasteiger partial charge in [-0.2, -0.15) is 0 Å². The van der Waals surface area contributed by atoms with Crippen LogP contribution in [-0.2, 0) is 0 Å². The molecule has 1 aliphatic heterocycles. The summed E-state index contributed by atoms with van der Waals surface area (Å²) in [5.74, 6) is -0.0316. The van der Waals surface area contributed by atoms with Gasteiger partial charge in [0.25, 0.3) is 5.91 Å². The van der Waals surface area contributed by atoms with Crippen LogP contribution in [0.4, 0.5) is 4.39 Å². The molecule has 0 aromatic carbocycles. The summed E-state index contributed by atoms with van der Waals surface area (Å²) in [4.78, 5) is 17.5. The lowest BCUT2D eigenvalue weighted by atomic mass is 9.94. The second-order valence-corrected chi connectivity index (χ2v) is 4.50. The highest BCUT2D eigenvalue weighted by Crippen LogP contribution is 2.21. The molecule has 3 nitrogen and oxygen atoms in total. The average molecular weight is 236 g/mol. The molecule has 0 saturated carbocycles. The first-order chi connectivity index (χ1) is 8.22. The van der Waals surface area contributed by atoms with E-state index in [1.54, 1.807) is 4.90 Å². The van der Waals surface area contributed by atoms with E-state index in [1.807, 2.05) is 0 Å². The Bertz CT molecular complexity index is 400. The number of halogens is 1. The first kappa shape index (κ1) is 12.0. The van der Waals surface area contributed by atoms with Gasteiger partial charge in [0, 0.05) is 19.3 Å². The standard InChI is InChI=1S/C13H17FN2O/c1-2-10-4-7-16(8-5-10)13(17)11-3-6-15-9-12(11)14/h3,6,9-10H,2,4-5,7-8H2,1H3. The fraction of sp³-hybridized carbons (Fsp3) is 0.538. The molecule has 2 heterocycles. The van der Waals surface area contributed by atoms with Crippen molar-refractivity contribution in [1.82, 2.24) is 9.88 Å². The summed E-state index contributed by atoms with van der Waals surface area (Å²) in [6.45, 7) is 3.64. The third-order valence-electron chi connectivity index (χ3n) is 3.48. The topological polar surface area (TPSA) is 33.2 Å². The third kappa shape index (κ3) is 2.62. The van der Waals surface area contributed by atoms with Gasteiger partial charge in [0.2, 0.25) is 0 Å². The molecule has 1 fully saturated rings. The lowest BCUT2D eigenvalue weighted by molar-refractivity contribution is 0.0684. The number of rotatable bonds is 2. The number of pyridine rings is 1. The number of hydrogen-bond donors (Lipinski definition) is 0. The van der Waals surface area contributed by atoms with Crippen LogP contribution >= 0.6 is 0 Å². The molecule has 1 aromatic heterocycles. The first-order valence-electron chi connectivity index (χ1n) is 6.11. The Kier molecular flexibility index (Phi) is 3.71. The molecule has 4 heteroatoms. The van der Waals surface area contributed by atoms with Gasteiger partial charge in [-0.05, 0) is 24.8 Å². The number of carbonyl (C=O) groups is 1. The van der Waals surface area contributed by atoms with E-state index in [-0.39, 0.29) is 11.5 Å². The average Bonchev–Trinajstić information content (AvgIpc) is 2.39. The molecule has 0 bridgehead atoms. The van der Waals surface area contributed by atoms with Gasteiger partial charge in [-0.25, -0.2) is 4.39 Å². The summed E-state index contributed by atoms with van der Waals surface area (Å²) in [6, 6.07) is 1.45. The van der Waals surface area contributed by atoms with Gasteiger partial charge in [0.15, 0.2) is 5.82 Å². The largest absolute Gasteiger partial charge is 0.339 e. The summed E-state index contributed by atoms with van der Waals surface area (Å²) < 4.78 is 13.4. The zero-order valence-electron chi connectivity index (χ0n) is 10.0. The number of hydrogen-bond acceptors (Lipinski definition) is 2. The molecule has 0 atom stereocenters. The molecular formula is C13H17FN2O. The van der Waals surface area contributed by atoms with E-state index >= 15 is 0 Å². The van der Waals surface area contributed by atoms with Crippen LogP contribution in [0.1, 0.15) is 36.5 Å². The molecule has 17 heavy (non-hydrogen) atoms. The van der Waals surface area contributed by atoms with Crippen molar-refractivity contribution < 1.29 is 9.18 Å². The summed E-state index contributed by atoms with van der Waals surface area (Å²) in [5, 5.41) is 0. The predicted molar refractivity (Wildman–Crippen MR) is 63.1 cm³/mol. The van der Waals surface area contributed by atoms with Crippen LogP contribution in [0.2, 0.25) is 0 Å². The van der Waals surface area contributed by atoms with Gasteiger partial charge in [-0.15, -0.1) is 0 Å². The lowest BCUT2D eigenvalue weighted by Gasteiger charge is -2.31. The highest BCUT2D eigenvalue weighted by molar-refractivity contribution is 5.94. The Morgan fingerprint density at radius 3 is 2.82 bits per heavy atom. The molecule has 0 N–H and O–H groups in total. The van der Waals surface area contributed by atoms with Gasteiger partial charge in [0.05, 0.1) is 11.8 Å². The van der Waals surface area contributed by atoms with Crippen LogP contribution in [0, 0.1) is 11.7 Å². The molecule has 0 aliphatic carbocycles. The number of carbonyl (C=O) groups excluding carboxylic acids is 1. The molecule has 92 valence electrons. The van der Waals surface area contributed by atoms with Gasteiger partial charge in [-0.3, -0.25) is 9.78 Å². The minimum absolute atomic E-state index is 0.134. The number of piperidine rings is 1. The highest BCUT2D eigenvalue weighted by Gasteiger charge is 2.24. The molecule has 0 unspecified atom stereocenters. The van der Waals surface area contributed by atoms with Crippen molar-refractivity contribution in [3.05, 3.63) is 29.8 Å². The summed E-state index contributed by atoms with van der Waals surface area (Å²) in [6.07, 6.45) is 5.75. The van der Waals surface area contributed by atoms with E-state index in [1.165, 1.54) is 12.3 Å². The summed E-state index contributed by atoms with van der Waals surface area (Å²) in [5.41, 5.74) is 0.134. The smallest absolute Gasteiger partial charge is 0.256 e. The minimum Gasteiger partial charge on any atom is -0.339 e. The van der Waals surface area contributed by atoms with E-state index in [2.05, 4.69) is 11.9 Å². The molecule has 0 radical (unpaired) electrons. The molecule has 1 amide bonds. The SMILES string of the molecule is CCC1CCN(C(=O)c2ccncc2F)CC1. The van der Waals surface area contributed by atoms with Crippen molar-refractivity contribution in [3.63, 3.8) is 0 Å². The molecule has 2 rings (SSSR count). The van der Waals surface area contributed by atoms with Crippen LogP contribution in [0.25, 0.3) is 0 Å². The Morgan fingerprint density at radius 1 is 1.53 bits per heavy atom. The number of aromatic nitrogens is 1. The lowest BCUT2D eigenvalue weighted by Crippen LogP contribution is -2.38. The van der Waals surface area contributed by atoms with Gasteiger partial charge < -0.3 is 4.90 Å². The molecular weight excluding hydrogens is 219 g/mol. The van der Waals surface area contributed by atoms with Gasteiger partial charge >= 0.3 is 0 Å². The first-order valence-corrected chi connectivity index (χ1v) is 6.11. The van der Waals surface area contributed by atoms with Crippen LogP contribution < -0.4 is 0 Å². The molecule has 1 aliphatic rings. The van der Waals surface area contributed by atoms with Crippen molar-refractivity contribution in [2.75, 3.05) is 13.1 Å². The van der Waals surface area contributed by atoms with Gasteiger partial charge in [-0.1, -0.05) is 13.3 Å². The molecule has 1 aromatic rings. The normalized spacial score (nSPS) is 17.2. The summed E-state index contributed by atoms with van der Waals surface area (Å²) in [7, 11) is 0. The Balaban J connectivity index is 2.04. The molecule has 0 spiro atoms. The predicted octanol–water partition coefficient (Wildman–Crippen LogP) is 2.48. The Labute approximate surface area is 101 Å². The van der Waals surface area contributed by atoms with Crippen molar-refractivity contribution in [2.45, 2.75) is 26.2 Å². The fourth-order valence-corrected chi connectivity index (χ4v) is 2.26. The summed E-state index contributed by atoms with van der Waals surface area (Å²) >= 11 is 0. The second kappa shape index (κ2) is 5.25. The zero-order valence-corrected chi connectivity index (χ0v) is 10.0. The fourth-order valence-electron chi connectivity index (χ4n) is 2.26. The molecule has 1 saturated heterocycles. The quantitative estimate of drug-likeness (QED) is 0.790. The Hall–Kier alpha value is -1.45. The highest BCUT2D eigenvalue weighted by atomic mass is 19.1. The van der Waals surface area contributed by atoms with E-state index in [4.69, 9.17) is 0 Å². The van der Waals surface area contributed by atoms with Crippen molar-refractivity contribution >= 4 is 5.91 Å². The van der Waals surface area contributed by atoms with Crippen LogP contribution in [0.15, 0.2) is 18.5 Å². The van der Waals surface area contributed by atoms with Crippen LogP contribution in [-0.4, -0.2) is 28.9 Å². The van der Waals surface area contributed by atoms with E-state index in [0.29, 0.717) is 5.92 Å². The van der Waals surface area contributed by atoms with Gasteiger partial charge in [0.1, 0.15) is 0 Å². The Morgan fingerprint density at radius 2 is 2.24 bits per heavy atom. The number of nitrogens with zero attached hydrogens (tertiary/aromatic N) is 2.